The molecule has 0 saturated heterocycles. The SMILES string of the molecule is N#Cc1cc(Br)ccc1Nc1cc(F)c(Cl)cc1N. The number of hydrogen-bond donors (Lipinski definition) is 2. The maximum atomic E-state index is 13.4. The van der Waals surface area contributed by atoms with E-state index in [1.807, 2.05) is 6.07 Å². The van der Waals surface area contributed by atoms with E-state index in [2.05, 4.69) is 21.2 Å². The Morgan fingerprint density at radius 1 is 1.26 bits per heavy atom. The lowest BCUT2D eigenvalue weighted by Crippen LogP contribution is -1.99. The van der Waals surface area contributed by atoms with Gasteiger partial charge in [-0.05, 0) is 24.3 Å². The molecule has 0 aromatic heterocycles. The number of nitrogens with zero attached hydrogens (tertiary/aromatic N) is 1. The maximum Gasteiger partial charge on any atom is 0.144 e. The van der Waals surface area contributed by atoms with Gasteiger partial charge in [0.15, 0.2) is 0 Å². The van der Waals surface area contributed by atoms with Crippen molar-refractivity contribution >= 4 is 44.6 Å². The molecule has 0 radical (unpaired) electrons. The van der Waals surface area contributed by atoms with Crippen LogP contribution in [-0.2, 0) is 0 Å². The number of hydrogen-bond acceptors (Lipinski definition) is 3. The largest absolute Gasteiger partial charge is 0.397 e. The highest BCUT2D eigenvalue weighted by atomic mass is 79.9. The van der Waals surface area contributed by atoms with Crippen molar-refractivity contribution in [3.63, 3.8) is 0 Å². The second-order valence-electron chi connectivity index (χ2n) is 3.78. The summed E-state index contributed by atoms with van der Waals surface area (Å²) in [6.45, 7) is 0. The van der Waals surface area contributed by atoms with Crippen LogP contribution in [0.2, 0.25) is 5.02 Å². The molecule has 0 aliphatic heterocycles. The Bertz CT molecular complexity index is 682. The van der Waals surface area contributed by atoms with E-state index in [1.165, 1.54) is 12.1 Å². The van der Waals surface area contributed by atoms with Gasteiger partial charge in [-0.3, -0.25) is 0 Å². The maximum absolute atomic E-state index is 13.4. The molecule has 19 heavy (non-hydrogen) atoms. The minimum atomic E-state index is -0.575. The fourth-order valence-electron chi connectivity index (χ4n) is 1.53. The second-order valence-corrected chi connectivity index (χ2v) is 5.10. The van der Waals surface area contributed by atoms with Gasteiger partial charge in [0.05, 0.1) is 27.6 Å². The summed E-state index contributed by atoms with van der Waals surface area (Å²) in [6, 6.07) is 9.70. The molecule has 96 valence electrons. The van der Waals surface area contributed by atoms with Gasteiger partial charge in [-0.1, -0.05) is 27.5 Å². The number of nitrogen functional groups attached to an aromatic ring is 1. The van der Waals surface area contributed by atoms with Gasteiger partial charge < -0.3 is 11.1 Å². The zero-order valence-corrected chi connectivity index (χ0v) is 11.9. The Kier molecular flexibility index (Phi) is 3.93. The molecular weight excluding hydrogens is 333 g/mol. The minimum absolute atomic E-state index is 0.0423. The molecule has 0 aliphatic carbocycles. The molecule has 0 bridgehead atoms. The van der Waals surface area contributed by atoms with Crippen LogP contribution in [0.1, 0.15) is 5.56 Å². The van der Waals surface area contributed by atoms with Crippen LogP contribution in [0.25, 0.3) is 0 Å². The number of nitrogens with two attached hydrogens (primary N) is 1. The van der Waals surface area contributed by atoms with Crippen LogP contribution in [0.15, 0.2) is 34.8 Å². The van der Waals surface area contributed by atoms with Crippen molar-refractivity contribution in [3.8, 4) is 6.07 Å². The van der Waals surface area contributed by atoms with Gasteiger partial charge in [-0.2, -0.15) is 5.26 Å². The Labute approximate surface area is 122 Å². The first-order valence-electron chi connectivity index (χ1n) is 5.22. The number of anilines is 3. The van der Waals surface area contributed by atoms with Gasteiger partial charge in [-0.15, -0.1) is 0 Å². The lowest BCUT2D eigenvalue weighted by atomic mass is 10.2. The fraction of sp³-hybridized carbons (Fsp3) is 0. The molecule has 0 aliphatic rings. The number of halogens is 3. The monoisotopic (exact) mass is 339 g/mol. The highest BCUT2D eigenvalue weighted by molar-refractivity contribution is 9.10. The number of rotatable bonds is 2. The van der Waals surface area contributed by atoms with Crippen molar-refractivity contribution in [3.05, 3.63) is 51.2 Å². The van der Waals surface area contributed by atoms with Crippen LogP contribution in [0.5, 0.6) is 0 Å². The van der Waals surface area contributed by atoms with E-state index in [1.54, 1.807) is 18.2 Å². The minimum Gasteiger partial charge on any atom is -0.397 e. The topological polar surface area (TPSA) is 61.8 Å². The summed E-state index contributed by atoms with van der Waals surface area (Å²) in [5.41, 5.74) is 7.38. The van der Waals surface area contributed by atoms with Crippen molar-refractivity contribution in [2.24, 2.45) is 0 Å². The standard InChI is InChI=1S/C13H8BrClFN3/c14-8-1-2-12(7(3-8)6-17)19-13-5-10(16)9(15)4-11(13)18/h1-5,19H,18H2. The van der Waals surface area contributed by atoms with Gasteiger partial charge in [0.1, 0.15) is 11.9 Å². The van der Waals surface area contributed by atoms with Gasteiger partial charge >= 0.3 is 0 Å². The Balaban J connectivity index is 2.42. The predicted molar refractivity (Wildman–Crippen MR) is 78.0 cm³/mol. The molecule has 2 aromatic carbocycles. The Morgan fingerprint density at radius 3 is 2.68 bits per heavy atom. The molecule has 0 amide bonds. The highest BCUT2D eigenvalue weighted by Crippen LogP contribution is 2.30. The van der Waals surface area contributed by atoms with Crippen molar-refractivity contribution < 1.29 is 4.39 Å². The van der Waals surface area contributed by atoms with E-state index in [4.69, 9.17) is 22.6 Å². The van der Waals surface area contributed by atoms with E-state index in [0.717, 1.165) is 4.47 Å². The average Bonchev–Trinajstić information content (AvgIpc) is 2.37. The molecule has 0 spiro atoms. The summed E-state index contributed by atoms with van der Waals surface area (Å²) in [6.07, 6.45) is 0. The summed E-state index contributed by atoms with van der Waals surface area (Å²) in [5, 5.41) is 11.9. The van der Waals surface area contributed by atoms with E-state index in [9.17, 15) is 4.39 Å². The van der Waals surface area contributed by atoms with Gasteiger partial charge in [0.2, 0.25) is 0 Å². The summed E-state index contributed by atoms with van der Waals surface area (Å²) in [5.74, 6) is -0.575. The molecule has 2 rings (SSSR count). The van der Waals surface area contributed by atoms with Crippen molar-refractivity contribution in [1.82, 2.24) is 0 Å². The predicted octanol–water partition coefficient (Wildman–Crippen LogP) is 4.44. The first-order valence-corrected chi connectivity index (χ1v) is 6.39. The molecule has 3 N–H and O–H groups in total. The molecule has 0 heterocycles. The third-order valence-corrected chi connectivity index (χ3v) is 3.25. The van der Waals surface area contributed by atoms with Gasteiger partial charge in [-0.25, -0.2) is 4.39 Å². The molecule has 6 heteroatoms. The third-order valence-electron chi connectivity index (χ3n) is 2.46. The quantitative estimate of drug-likeness (QED) is 0.795. The van der Waals surface area contributed by atoms with E-state index < -0.39 is 5.82 Å². The molecule has 0 unspecified atom stereocenters. The van der Waals surface area contributed by atoms with Crippen LogP contribution in [0.4, 0.5) is 21.5 Å². The summed E-state index contributed by atoms with van der Waals surface area (Å²) < 4.78 is 14.2. The first kappa shape index (κ1) is 13.7. The van der Waals surface area contributed by atoms with Gasteiger partial charge in [0, 0.05) is 10.5 Å². The lowest BCUT2D eigenvalue weighted by molar-refractivity contribution is 0.629. The summed E-state index contributed by atoms with van der Waals surface area (Å²) >= 11 is 8.90. The second kappa shape index (κ2) is 5.47. The molecule has 2 aromatic rings. The van der Waals surface area contributed by atoms with Crippen LogP contribution >= 0.6 is 27.5 Å². The molecule has 3 nitrogen and oxygen atoms in total. The zero-order valence-electron chi connectivity index (χ0n) is 9.55. The van der Waals surface area contributed by atoms with Gasteiger partial charge in [0.25, 0.3) is 0 Å². The number of nitrogens with one attached hydrogen (secondary N) is 1. The van der Waals surface area contributed by atoms with Crippen LogP contribution in [0.3, 0.4) is 0 Å². The highest BCUT2D eigenvalue weighted by Gasteiger charge is 2.09. The van der Waals surface area contributed by atoms with Crippen LogP contribution in [0, 0.1) is 17.1 Å². The van der Waals surface area contributed by atoms with Crippen molar-refractivity contribution in [1.29, 1.82) is 5.26 Å². The molecular formula is C13H8BrClFN3. The zero-order chi connectivity index (χ0) is 14.0. The van der Waals surface area contributed by atoms with Crippen molar-refractivity contribution in [2.75, 3.05) is 11.1 Å². The normalized spacial score (nSPS) is 10.0. The van der Waals surface area contributed by atoms with E-state index >= 15 is 0 Å². The average molecular weight is 341 g/mol. The molecule has 0 saturated carbocycles. The number of benzene rings is 2. The third kappa shape index (κ3) is 2.98. The lowest BCUT2D eigenvalue weighted by Gasteiger charge is -2.11. The van der Waals surface area contributed by atoms with E-state index in [-0.39, 0.29) is 5.02 Å². The Hall–Kier alpha value is -1.77. The number of nitriles is 1. The first-order chi connectivity index (χ1) is 9.01. The smallest absolute Gasteiger partial charge is 0.144 e. The van der Waals surface area contributed by atoms with Crippen molar-refractivity contribution in [2.45, 2.75) is 0 Å². The van der Waals surface area contributed by atoms with Crippen LogP contribution in [-0.4, -0.2) is 0 Å². The van der Waals surface area contributed by atoms with Crippen LogP contribution < -0.4 is 11.1 Å². The molecule has 0 fully saturated rings. The summed E-state index contributed by atoms with van der Waals surface area (Å²) in [7, 11) is 0. The molecule has 0 atom stereocenters. The fourth-order valence-corrected chi connectivity index (χ4v) is 2.07. The van der Waals surface area contributed by atoms with E-state index in [0.29, 0.717) is 22.6 Å². The summed E-state index contributed by atoms with van der Waals surface area (Å²) in [4.78, 5) is 0. The Morgan fingerprint density at radius 2 is 2.00 bits per heavy atom.